The molecule has 0 spiro atoms. The summed E-state index contributed by atoms with van der Waals surface area (Å²) in [5.41, 5.74) is 4.13. The number of amides is 1. The number of methoxy groups -OCH3 is 2. The van der Waals surface area contributed by atoms with Gasteiger partial charge in [0.1, 0.15) is 29.3 Å². The lowest BCUT2D eigenvalue weighted by Gasteiger charge is -2.37. The zero-order chi connectivity index (χ0) is 34.1. The molecule has 0 aliphatic heterocycles. The summed E-state index contributed by atoms with van der Waals surface area (Å²) in [6.07, 6.45) is -0.926. The number of carbonyl (C=O) groups excluding carboxylic acids is 1. The summed E-state index contributed by atoms with van der Waals surface area (Å²) in [6.45, 7) is 5.22. The van der Waals surface area contributed by atoms with Crippen molar-refractivity contribution in [3.05, 3.63) is 137 Å². The van der Waals surface area contributed by atoms with Crippen molar-refractivity contribution in [1.82, 2.24) is 15.1 Å². The topological polar surface area (TPSA) is 120 Å². The normalized spacial score (nSPS) is 12.9. The van der Waals surface area contributed by atoms with Gasteiger partial charge >= 0.3 is 0 Å². The van der Waals surface area contributed by atoms with Crippen LogP contribution in [-0.4, -0.2) is 53.8 Å². The number of hydrogen-bond acceptors (Lipinski definition) is 8. The molecule has 0 saturated heterocycles. The van der Waals surface area contributed by atoms with E-state index in [0.717, 1.165) is 22.4 Å². The van der Waals surface area contributed by atoms with Crippen molar-refractivity contribution in [3.8, 4) is 11.5 Å². The first-order valence-corrected chi connectivity index (χ1v) is 15.7. The van der Waals surface area contributed by atoms with Gasteiger partial charge in [0, 0.05) is 0 Å². The largest absolute Gasteiger partial charge is 0.497 e. The van der Waals surface area contributed by atoms with E-state index in [2.05, 4.69) is 20.6 Å². The lowest BCUT2D eigenvalue weighted by atomic mass is 9.80. The van der Waals surface area contributed by atoms with Crippen LogP contribution >= 0.6 is 0 Å². The third-order valence-corrected chi connectivity index (χ3v) is 8.24. The van der Waals surface area contributed by atoms with Crippen molar-refractivity contribution in [2.24, 2.45) is 10.2 Å². The van der Waals surface area contributed by atoms with Crippen LogP contribution in [0.15, 0.2) is 119 Å². The van der Waals surface area contributed by atoms with Crippen LogP contribution in [0.1, 0.15) is 35.0 Å². The van der Waals surface area contributed by atoms with Gasteiger partial charge in [-0.3, -0.25) is 9.48 Å². The second-order valence-electron chi connectivity index (χ2n) is 11.4. The van der Waals surface area contributed by atoms with E-state index in [1.807, 2.05) is 123 Å². The molecule has 0 bridgehead atoms. The van der Waals surface area contributed by atoms with Crippen LogP contribution in [0, 0.1) is 13.8 Å². The highest BCUT2D eigenvalue weighted by atomic mass is 16.5. The second kappa shape index (κ2) is 15.5. The third kappa shape index (κ3) is 7.62. The highest BCUT2D eigenvalue weighted by molar-refractivity contribution is 5.76. The second-order valence-corrected chi connectivity index (χ2v) is 11.4. The van der Waals surface area contributed by atoms with Crippen LogP contribution in [0.25, 0.3) is 0 Å². The van der Waals surface area contributed by atoms with E-state index in [0.29, 0.717) is 28.6 Å². The Labute approximate surface area is 281 Å². The van der Waals surface area contributed by atoms with Gasteiger partial charge in [0.2, 0.25) is 5.91 Å². The van der Waals surface area contributed by atoms with Crippen molar-refractivity contribution in [2.45, 2.75) is 45.1 Å². The molecule has 2 atom stereocenters. The highest BCUT2D eigenvalue weighted by Gasteiger charge is 2.39. The first-order chi connectivity index (χ1) is 23.2. The number of ether oxygens (including phenoxy) is 3. The molecule has 248 valence electrons. The average Bonchev–Trinajstić information content (AvgIpc) is 3.38. The number of carbonyl (C=O) groups is 1. The Morgan fingerprint density at radius 2 is 1.33 bits per heavy atom. The minimum atomic E-state index is -1.11. The molecule has 2 unspecified atom stereocenters. The quantitative estimate of drug-likeness (QED) is 0.101. The van der Waals surface area contributed by atoms with Crippen molar-refractivity contribution in [3.63, 3.8) is 0 Å². The molecule has 5 aromatic rings. The van der Waals surface area contributed by atoms with Gasteiger partial charge in [0.05, 0.1) is 50.0 Å². The van der Waals surface area contributed by atoms with Gasteiger partial charge in [0.25, 0.3) is 0 Å². The summed E-state index contributed by atoms with van der Waals surface area (Å²) in [7, 11) is 3.24. The van der Waals surface area contributed by atoms with E-state index in [4.69, 9.17) is 14.2 Å². The minimum absolute atomic E-state index is 0.00991. The van der Waals surface area contributed by atoms with Crippen molar-refractivity contribution in [2.75, 3.05) is 20.8 Å². The Bertz CT molecular complexity index is 1760. The van der Waals surface area contributed by atoms with Crippen LogP contribution in [0.3, 0.4) is 0 Å². The zero-order valence-corrected chi connectivity index (χ0v) is 27.8. The number of aryl methyl sites for hydroxylation is 1. The van der Waals surface area contributed by atoms with E-state index in [-0.39, 0.29) is 19.1 Å². The fraction of sp³-hybridized carbons (Fsp3) is 0.263. The Balaban J connectivity index is 1.42. The molecule has 0 saturated carbocycles. The van der Waals surface area contributed by atoms with Gasteiger partial charge in [-0.1, -0.05) is 72.8 Å². The molecule has 2 N–H and O–H groups in total. The SMILES string of the molecule is COc1ccc(C(OCC(NC(=O)Cn2nc(C)c(N=Nc3ccccc3)c2C)C(C)O)(c2ccccc2)c2ccc(OC)cc2)cc1. The molecule has 4 aromatic carbocycles. The highest BCUT2D eigenvalue weighted by Crippen LogP contribution is 2.42. The standard InChI is InChI=1S/C38H41N5O5/c1-26-37(41-40-32-14-10-7-11-15-32)27(2)43(42-26)24-36(45)39-35(28(3)44)25-48-38(29-12-8-6-9-13-29,30-16-20-33(46-4)21-17-30)31-18-22-34(47-5)23-19-31/h6-23,28,35,44H,24-25H2,1-5H3,(H,39,45). The number of aromatic nitrogens is 2. The maximum absolute atomic E-state index is 13.4. The summed E-state index contributed by atoms with van der Waals surface area (Å²) in [6, 6.07) is 33.9. The predicted molar refractivity (Wildman–Crippen MR) is 184 cm³/mol. The number of nitrogens with zero attached hydrogens (tertiary/aromatic N) is 4. The van der Waals surface area contributed by atoms with Gasteiger partial charge in [-0.2, -0.15) is 10.2 Å². The number of aliphatic hydroxyl groups is 1. The van der Waals surface area contributed by atoms with Crippen LogP contribution < -0.4 is 14.8 Å². The lowest BCUT2D eigenvalue weighted by Crippen LogP contribution is -2.48. The van der Waals surface area contributed by atoms with Gasteiger partial charge in [-0.05, 0) is 73.9 Å². The van der Waals surface area contributed by atoms with Crippen molar-refractivity contribution >= 4 is 17.3 Å². The molecule has 10 heteroatoms. The van der Waals surface area contributed by atoms with E-state index >= 15 is 0 Å². The average molecular weight is 648 g/mol. The van der Waals surface area contributed by atoms with Crippen LogP contribution in [0.4, 0.5) is 11.4 Å². The fourth-order valence-corrected chi connectivity index (χ4v) is 5.57. The summed E-state index contributed by atoms with van der Waals surface area (Å²) in [4.78, 5) is 13.4. The van der Waals surface area contributed by atoms with Gasteiger partial charge < -0.3 is 24.6 Å². The Kier molecular flexibility index (Phi) is 11.0. The van der Waals surface area contributed by atoms with Crippen LogP contribution in [0.2, 0.25) is 0 Å². The van der Waals surface area contributed by atoms with Gasteiger partial charge in [0.15, 0.2) is 0 Å². The van der Waals surface area contributed by atoms with E-state index in [1.165, 1.54) is 0 Å². The first kappa shape index (κ1) is 34.0. The summed E-state index contributed by atoms with van der Waals surface area (Å²) in [5.74, 6) is 1.08. The number of azo groups is 1. The Morgan fingerprint density at radius 1 is 0.812 bits per heavy atom. The molecule has 0 aliphatic carbocycles. The minimum Gasteiger partial charge on any atom is -0.497 e. The molecule has 0 radical (unpaired) electrons. The van der Waals surface area contributed by atoms with Crippen LogP contribution in [0.5, 0.6) is 11.5 Å². The molecule has 1 heterocycles. The molecule has 1 aromatic heterocycles. The Hall–Kier alpha value is -5.32. The van der Waals surface area contributed by atoms with E-state index < -0.39 is 17.7 Å². The number of aliphatic hydroxyl groups excluding tert-OH is 1. The molecular formula is C38H41N5O5. The maximum Gasteiger partial charge on any atom is 0.242 e. The van der Waals surface area contributed by atoms with E-state index in [9.17, 15) is 9.90 Å². The zero-order valence-electron chi connectivity index (χ0n) is 27.8. The molecule has 1 amide bonds. The van der Waals surface area contributed by atoms with Gasteiger partial charge in [-0.15, -0.1) is 5.11 Å². The number of rotatable bonds is 14. The van der Waals surface area contributed by atoms with Crippen LogP contribution in [-0.2, 0) is 21.7 Å². The van der Waals surface area contributed by atoms with E-state index in [1.54, 1.807) is 25.8 Å². The van der Waals surface area contributed by atoms with Crippen molar-refractivity contribution in [1.29, 1.82) is 0 Å². The fourth-order valence-electron chi connectivity index (χ4n) is 5.57. The molecule has 10 nitrogen and oxygen atoms in total. The third-order valence-electron chi connectivity index (χ3n) is 8.24. The van der Waals surface area contributed by atoms with Crippen molar-refractivity contribution < 1.29 is 24.1 Å². The first-order valence-electron chi connectivity index (χ1n) is 15.7. The van der Waals surface area contributed by atoms with Gasteiger partial charge in [-0.25, -0.2) is 0 Å². The molecular weight excluding hydrogens is 606 g/mol. The molecule has 48 heavy (non-hydrogen) atoms. The number of nitrogens with one attached hydrogen (secondary N) is 1. The molecule has 5 rings (SSSR count). The smallest absolute Gasteiger partial charge is 0.242 e. The Morgan fingerprint density at radius 3 is 1.85 bits per heavy atom. The number of benzene rings is 4. The molecule has 0 aliphatic rings. The monoisotopic (exact) mass is 647 g/mol. The number of hydrogen-bond donors (Lipinski definition) is 2. The summed E-state index contributed by atoms with van der Waals surface area (Å²) >= 11 is 0. The summed E-state index contributed by atoms with van der Waals surface area (Å²) in [5, 5.41) is 27.1. The predicted octanol–water partition coefficient (Wildman–Crippen LogP) is 6.81. The lowest BCUT2D eigenvalue weighted by molar-refractivity contribution is -0.124. The maximum atomic E-state index is 13.4. The summed E-state index contributed by atoms with van der Waals surface area (Å²) < 4.78 is 19.4. The molecule has 0 fully saturated rings.